The van der Waals surface area contributed by atoms with Gasteiger partial charge in [0.2, 0.25) is 0 Å². The highest BCUT2D eigenvalue weighted by Gasteiger charge is 2.24. The third kappa shape index (κ3) is 7.21. The predicted molar refractivity (Wildman–Crippen MR) is 51.1 cm³/mol. The van der Waals surface area contributed by atoms with E-state index in [4.69, 9.17) is 15.5 Å². The second-order valence-electron chi connectivity index (χ2n) is 2.92. The molecule has 0 bridgehead atoms. The SMILES string of the molecule is CCOC(=O)[C@H](N)CC(=O)CP(=O)(O)O. The minimum atomic E-state index is -4.38. The van der Waals surface area contributed by atoms with Gasteiger partial charge in [-0.05, 0) is 6.92 Å². The van der Waals surface area contributed by atoms with Crippen molar-refractivity contribution in [2.24, 2.45) is 5.73 Å². The van der Waals surface area contributed by atoms with Gasteiger partial charge in [0.05, 0.1) is 6.61 Å². The number of carbonyl (C=O) groups excluding carboxylic acids is 2. The molecule has 0 aliphatic carbocycles. The molecule has 0 radical (unpaired) electrons. The minimum absolute atomic E-state index is 0.138. The summed E-state index contributed by atoms with van der Waals surface area (Å²) in [5.74, 6) is -1.51. The van der Waals surface area contributed by atoms with E-state index in [1.807, 2.05) is 0 Å². The molecule has 7 nitrogen and oxygen atoms in total. The van der Waals surface area contributed by atoms with Crippen LogP contribution < -0.4 is 5.73 Å². The van der Waals surface area contributed by atoms with Gasteiger partial charge in [-0.1, -0.05) is 0 Å². The third-order valence-electron chi connectivity index (χ3n) is 1.42. The van der Waals surface area contributed by atoms with Crippen LogP contribution in [-0.4, -0.2) is 40.4 Å². The topological polar surface area (TPSA) is 127 Å². The summed E-state index contributed by atoms with van der Waals surface area (Å²) in [7, 11) is -4.38. The van der Waals surface area contributed by atoms with Gasteiger partial charge in [-0.3, -0.25) is 14.2 Å². The summed E-state index contributed by atoms with van der Waals surface area (Å²) < 4.78 is 15.0. The van der Waals surface area contributed by atoms with E-state index in [9.17, 15) is 14.2 Å². The van der Waals surface area contributed by atoms with Crippen molar-refractivity contribution in [2.45, 2.75) is 19.4 Å². The van der Waals surface area contributed by atoms with Crippen molar-refractivity contribution in [2.75, 3.05) is 12.8 Å². The lowest BCUT2D eigenvalue weighted by Gasteiger charge is -2.09. The van der Waals surface area contributed by atoms with Gasteiger partial charge in [-0.2, -0.15) is 0 Å². The molecule has 0 heterocycles. The van der Waals surface area contributed by atoms with Crippen LogP contribution in [0.3, 0.4) is 0 Å². The number of ketones is 1. The van der Waals surface area contributed by atoms with Crippen LogP contribution in [0.1, 0.15) is 13.3 Å². The quantitative estimate of drug-likeness (QED) is 0.401. The second-order valence-corrected chi connectivity index (χ2v) is 4.57. The minimum Gasteiger partial charge on any atom is -0.465 e. The highest BCUT2D eigenvalue weighted by atomic mass is 31.2. The van der Waals surface area contributed by atoms with Crippen molar-refractivity contribution in [3.8, 4) is 0 Å². The van der Waals surface area contributed by atoms with Gasteiger partial charge in [-0.15, -0.1) is 0 Å². The maximum Gasteiger partial charge on any atom is 0.332 e. The van der Waals surface area contributed by atoms with Crippen molar-refractivity contribution >= 4 is 19.3 Å². The van der Waals surface area contributed by atoms with E-state index in [0.717, 1.165) is 0 Å². The zero-order valence-corrected chi connectivity index (χ0v) is 9.15. The summed E-state index contributed by atoms with van der Waals surface area (Å²) in [6.07, 6.45) is -1.33. The number of hydrogen-bond acceptors (Lipinski definition) is 5. The normalized spacial score (nSPS) is 13.3. The van der Waals surface area contributed by atoms with Crippen molar-refractivity contribution in [1.29, 1.82) is 0 Å². The van der Waals surface area contributed by atoms with Crippen LogP contribution in [-0.2, 0) is 18.9 Å². The molecule has 88 valence electrons. The monoisotopic (exact) mass is 239 g/mol. The van der Waals surface area contributed by atoms with Crippen molar-refractivity contribution < 1.29 is 28.7 Å². The van der Waals surface area contributed by atoms with E-state index in [1.165, 1.54) is 0 Å². The standard InChI is InChI=1S/C7H14NO6P/c1-2-14-7(10)6(8)3-5(9)4-15(11,12)13/h6H,2-4,8H2,1H3,(H2,11,12,13)/t6-/m1/s1. The van der Waals surface area contributed by atoms with E-state index in [0.29, 0.717) is 0 Å². The fourth-order valence-electron chi connectivity index (χ4n) is 0.872. The summed E-state index contributed by atoms with van der Waals surface area (Å²) >= 11 is 0. The lowest BCUT2D eigenvalue weighted by molar-refractivity contribution is -0.145. The molecule has 0 aromatic carbocycles. The van der Waals surface area contributed by atoms with Crippen LogP contribution in [0, 0.1) is 0 Å². The Morgan fingerprint density at radius 2 is 2.00 bits per heavy atom. The number of rotatable bonds is 6. The largest absolute Gasteiger partial charge is 0.465 e. The highest BCUT2D eigenvalue weighted by molar-refractivity contribution is 7.52. The summed E-state index contributed by atoms with van der Waals surface area (Å²) in [6.45, 7) is 1.72. The number of esters is 1. The number of nitrogens with two attached hydrogens (primary N) is 1. The summed E-state index contributed by atoms with van der Waals surface area (Å²) in [5, 5.41) is 0. The second kappa shape index (κ2) is 5.97. The van der Waals surface area contributed by atoms with Crippen LogP contribution in [0.4, 0.5) is 0 Å². The molecule has 0 saturated carbocycles. The van der Waals surface area contributed by atoms with Gasteiger partial charge in [0.15, 0.2) is 0 Å². The summed E-state index contributed by atoms with van der Waals surface area (Å²) in [4.78, 5) is 38.9. The first-order valence-electron chi connectivity index (χ1n) is 4.24. The van der Waals surface area contributed by atoms with E-state index in [-0.39, 0.29) is 6.61 Å². The average molecular weight is 239 g/mol. The Bertz CT molecular complexity index is 285. The van der Waals surface area contributed by atoms with Gasteiger partial charge >= 0.3 is 13.6 Å². The Labute approximate surface area is 86.8 Å². The highest BCUT2D eigenvalue weighted by Crippen LogP contribution is 2.34. The fraction of sp³-hybridized carbons (Fsp3) is 0.714. The first-order valence-corrected chi connectivity index (χ1v) is 6.04. The summed E-state index contributed by atoms with van der Waals surface area (Å²) in [5.41, 5.74) is 5.27. The van der Waals surface area contributed by atoms with E-state index in [2.05, 4.69) is 4.74 Å². The first kappa shape index (κ1) is 14.2. The van der Waals surface area contributed by atoms with Gasteiger partial charge < -0.3 is 20.3 Å². The molecule has 0 unspecified atom stereocenters. The van der Waals surface area contributed by atoms with Crippen LogP contribution in [0.25, 0.3) is 0 Å². The van der Waals surface area contributed by atoms with Gasteiger partial charge in [0.1, 0.15) is 18.0 Å². The molecule has 0 aliphatic heterocycles. The first-order chi connectivity index (χ1) is 6.76. The number of Topliss-reactive ketones (excluding diaryl/α,β-unsaturated/α-hetero) is 1. The Kier molecular flexibility index (Phi) is 5.67. The van der Waals surface area contributed by atoms with E-state index in [1.54, 1.807) is 6.92 Å². The maximum atomic E-state index is 11.0. The molecular weight excluding hydrogens is 225 g/mol. The number of ether oxygens (including phenoxy) is 1. The number of carbonyl (C=O) groups is 2. The molecule has 0 aliphatic rings. The molecule has 4 N–H and O–H groups in total. The molecular formula is C7H14NO6P. The Balaban J connectivity index is 4.07. The molecule has 15 heavy (non-hydrogen) atoms. The maximum absolute atomic E-state index is 11.0. The van der Waals surface area contributed by atoms with Gasteiger partial charge in [0, 0.05) is 6.42 Å². The third-order valence-corrected chi connectivity index (χ3v) is 2.18. The van der Waals surface area contributed by atoms with E-state index < -0.39 is 38.0 Å². The van der Waals surface area contributed by atoms with Crippen molar-refractivity contribution in [1.82, 2.24) is 0 Å². The predicted octanol–water partition coefficient (Wildman–Crippen LogP) is -0.986. The molecule has 1 atom stereocenters. The fourth-order valence-corrected chi connectivity index (χ4v) is 1.46. The van der Waals surface area contributed by atoms with Crippen LogP contribution >= 0.6 is 7.60 Å². The van der Waals surface area contributed by atoms with E-state index >= 15 is 0 Å². The van der Waals surface area contributed by atoms with Crippen LogP contribution in [0.2, 0.25) is 0 Å². The van der Waals surface area contributed by atoms with Crippen molar-refractivity contribution in [3.05, 3.63) is 0 Å². The van der Waals surface area contributed by atoms with Crippen molar-refractivity contribution in [3.63, 3.8) is 0 Å². The van der Waals surface area contributed by atoms with Gasteiger partial charge in [0.25, 0.3) is 0 Å². The molecule has 0 spiro atoms. The molecule has 0 aromatic heterocycles. The molecule has 8 heteroatoms. The average Bonchev–Trinajstić information content (AvgIpc) is 2.00. The molecule has 0 amide bonds. The summed E-state index contributed by atoms with van der Waals surface area (Å²) in [6, 6.07) is -1.16. The lowest BCUT2D eigenvalue weighted by Crippen LogP contribution is -2.35. The molecule has 0 fully saturated rings. The van der Waals surface area contributed by atoms with Gasteiger partial charge in [-0.25, -0.2) is 0 Å². The lowest BCUT2D eigenvalue weighted by atomic mass is 10.2. The molecule has 0 rings (SSSR count). The Hall–Kier alpha value is -0.750. The Morgan fingerprint density at radius 1 is 1.47 bits per heavy atom. The number of hydrogen-bond donors (Lipinski definition) is 3. The van der Waals surface area contributed by atoms with Crippen LogP contribution in [0.15, 0.2) is 0 Å². The molecule has 0 aromatic rings. The zero-order valence-electron chi connectivity index (χ0n) is 8.25. The zero-order chi connectivity index (χ0) is 12.1. The Morgan fingerprint density at radius 3 is 2.40 bits per heavy atom. The molecule has 0 saturated heterocycles. The van der Waals surface area contributed by atoms with Crippen LogP contribution in [0.5, 0.6) is 0 Å². The smallest absolute Gasteiger partial charge is 0.332 e.